The van der Waals surface area contributed by atoms with Gasteiger partial charge in [0.1, 0.15) is 0 Å². The fourth-order valence-corrected chi connectivity index (χ4v) is 3.50. The fraction of sp³-hybridized carbons (Fsp3) is 0.0800. The maximum Gasteiger partial charge on any atom is 0.363 e. The third-order valence-electron chi connectivity index (χ3n) is 4.94. The number of Topliss-reactive ketones (excluding diaryl/α,β-unsaturated/α-hetero) is 1. The number of hydrogen-bond donors (Lipinski definition) is 0. The number of ether oxygens (including phenoxy) is 3. The zero-order valence-corrected chi connectivity index (χ0v) is 19.0. The molecule has 0 radical (unpaired) electrons. The Morgan fingerprint density at radius 1 is 1.14 bits per heavy atom. The monoisotopic (exact) mass is 492 g/mol. The van der Waals surface area contributed by atoms with Crippen molar-refractivity contribution in [2.45, 2.75) is 0 Å². The first-order valence-corrected chi connectivity index (χ1v) is 10.6. The first kappa shape index (κ1) is 23.7. The van der Waals surface area contributed by atoms with Crippen LogP contribution >= 0.6 is 11.6 Å². The van der Waals surface area contributed by atoms with Crippen molar-refractivity contribution in [1.29, 1.82) is 0 Å². The Kier molecular flexibility index (Phi) is 6.88. The number of benzene rings is 3. The molecule has 1 aliphatic rings. The van der Waals surface area contributed by atoms with E-state index in [0.29, 0.717) is 16.7 Å². The van der Waals surface area contributed by atoms with Gasteiger partial charge in [0, 0.05) is 23.3 Å². The molecule has 1 aliphatic heterocycles. The summed E-state index contributed by atoms with van der Waals surface area (Å²) in [6.07, 6.45) is 1.45. The number of ketones is 1. The van der Waals surface area contributed by atoms with Crippen LogP contribution in [-0.4, -0.2) is 36.3 Å². The van der Waals surface area contributed by atoms with Crippen molar-refractivity contribution < 1.29 is 28.7 Å². The molecule has 0 saturated heterocycles. The van der Waals surface area contributed by atoms with Gasteiger partial charge < -0.3 is 14.2 Å². The van der Waals surface area contributed by atoms with Crippen molar-refractivity contribution in [3.8, 4) is 11.5 Å². The van der Waals surface area contributed by atoms with Gasteiger partial charge in [-0.05, 0) is 35.9 Å². The number of nitro groups is 1. The molecule has 9 nitrogen and oxygen atoms in total. The summed E-state index contributed by atoms with van der Waals surface area (Å²) in [6, 6.07) is 17.3. The third kappa shape index (κ3) is 5.36. The Hall–Kier alpha value is -4.50. The number of nitro benzene ring substituents is 1. The van der Waals surface area contributed by atoms with Crippen LogP contribution in [0.4, 0.5) is 5.69 Å². The lowest BCUT2D eigenvalue weighted by molar-refractivity contribution is -0.384. The fourth-order valence-electron chi connectivity index (χ4n) is 3.22. The second kappa shape index (κ2) is 10.2. The number of non-ortho nitro benzene ring substituents is 1. The molecule has 0 amide bonds. The molecule has 0 N–H and O–H groups in total. The lowest BCUT2D eigenvalue weighted by atomic mass is 10.1. The molecular weight excluding hydrogens is 476 g/mol. The molecule has 10 heteroatoms. The molecule has 0 bridgehead atoms. The Balaban J connectivity index is 1.55. The second-order valence-electron chi connectivity index (χ2n) is 7.25. The van der Waals surface area contributed by atoms with Gasteiger partial charge in [-0.2, -0.15) is 0 Å². The lowest BCUT2D eigenvalue weighted by Gasteiger charge is -2.13. The van der Waals surface area contributed by atoms with Crippen LogP contribution in [0.5, 0.6) is 11.5 Å². The molecule has 1 heterocycles. The average molecular weight is 493 g/mol. The number of methoxy groups -OCH3 is 1. The van der Waals surface area contributed by atoms with Gasteiger partial charge >= 0.3 is 5.97 Å². The van der Waals surface area contributed by atoms with Crippen molar-refractivity contribution >= 4 is 41.0 Å². The number of carbonyl (C=O) groups excluding carboxylic acids is 2. The van der Waals surface area contributed by atoms with E-state index < -0.39 is 10.9 Å². The van der Waals surface area contributed by atoms with Crippen LogP contribution in [0, 0.1) is 10.1 Å². The van der Waals surface area contributed by atoms with E-state index in [0.717, 1.165) is 0 Å². The summed E-state index contributed by atoms with van der Waals surface area (Å²) in [5, 5.41) is 11.0. The van der Waals surface area contributed by atoms with Gasteiger partial charge in [0.2, 0.25) is 5.90 Å². The van der Waals surface area contributed by atoms with Crippen LogP contribution in [0.1, 0.15) is 21.5 Å². The minimum atomic E-state index is -0.692. The standard InChI is InChI=1S/C25H17ClN2O7/c1-33-22-13-15(11-19(26)23(22)34-14-21(29)16-5-3-2-4-6-16)12-20-25(30)35-24(27-20)17-7-9-18(10-8-17)28(31)32/h2-13H,14H2,1H3/b20-12-. The first-order valence-electron chi connectivity index (χ1n) is 10.2. The summed E-state index contributed by atoms with van der Waals surface area (Å²) in [6.45, 7) is -0.240. The molecular formula is C25H17ClN2O7. The first-order chi connectivity index (χ1) is 16.9. The number of hydrogen-bond acceptors (Lipinski definition) is 8. The molecule has 0 unspecified atom stereocenters. The van der Waals surface area contributed by atoms with Crippen LogP contribution in [0.15, 0.2) is 77.4 Å². The van der Waals surface area contributed by atoms with E-state index in [1.807, 2.05) is 6.07 Å². The van der Waals surface area contributed by atoms with Crippen molar-refractivity contribution in [2.24, 2.45) is 4.99 Å². The molecule has 3 aromatic rings. The maximum atomic E-state index is 12.3. The molecule has 0 fully saturated rings. The highest BCUT2D eigenvalue weighted by atomic mass is 35.5. The SMILES string of the molecule is COc1cc(/C=C2\N=C(c3ccc([N+](=O)[O-])cc3)OC2=O)cc(Cl)c1OCC(=O)c1ccccc1. The zero-order chi connectivity index (χ0) is 24.9. The van der Waals surface area contributed by atoms with Gasteiger partial charge in [0.15, 0.2) is 29.6 Å². The van der Waals surface area contributed by atoms with Gasteiger partial charge in [0.25, 0.3) is 5.69 Å². The second-order valence-corrected chi connectivity index (χ2v) is 7.66. The van der Waals surface area contributed by atoms with E-state index >= 15 is 0 Å². The quantitative estimate of drug-likeness (QED) is 0.145. The molecule has 0 aromatic heterocycles. The Labute approximate surface area is 204 Å². The lowest BCUT2D eigenvalue weighted by Crippen LogP contribution is -2.12. The Morgan fingerprint density at radius 2 is 1.86 bits per heavy atom. The van der Waals surface area contributed by atoms with Gasteiger partial charge in [0.05, 0.1) is 17.1 Å². The summed E-state index contributed by atoms with van der Waals surface area (Å²) in [7, 11) is 1.42. The molecule has 4 rings (SSSR count). The number of esters is 1. The number of halogens is 1. The van der Waals surface area contributed by atoms with E-state index in [1.54, 1.807) is 30.3 Å². The number of cyclic esters (lactones) is 1. The third-order valence-corrected chi connectivity index (χ3v) is 5.22. The molecule has 0 saturated carbocycles. The summed E-state index contributed by atoms with van der Waals surface area (Å²) < 4.78 is 16.2. The van der Waals surface area contributed by atoms with E-state index in [1.165, 1.54) is 43.5 Å². The van der Waals surface area contributed by atoms with Crippen molar-refractivity contribution in [2.75, 3.05) is 13.7 Å². The predicted molar refractivity (Wildman–Crippen MR) is 128 cm³/mol. The minimum Gasteiger partial charge on any atom is -0.493 e. The Morgan fingerprint density at radius 3 is 2.51 bits per heavy atom. The van der Waals surface area contributed by atoms with Gasteiger partial charge in [-0.1, -0.05) is 41.9 Å². The summed E-state index contributed by atoms with van der Waals surface area (Å²) in [4.78, 5) is 39.1. The van der Waals surface area contributed by atoms with E-state index in [4.69, 9.17) is 25.8 Å². The van der Waals surface area contributed by atoms with Crippen molar-refractivity contribution in [1.82, 2.24) is 0 Å². The topological polar surface area (TPSA) is 117 Å². The van der Waals surface area contributed by atoms with Gasteiger partial charge in [-0.3, -0.25) is 14.9 Å². The van der Waals surface area contributed by atoms with Crippen LogP contribution < -0.4 is 9.47 Å². The van der Waals surface area contributed by atoms with Crippen LogP contribution in [0.2, 0.25) is 5.02 Å². The van der Waals surface area contributed by atoms with Gasteiger partial charge in [-0.15, -0.1) is 0 Å². The molecule has 0 aliphatic carbocycles. The molecule has 0 spiro atoms. The Bertz CT molecular complexity index is 1370. The molecule has 3 aromatic carbocycles. The van der Waals surface area contributed by atoms with Crippen molar-refractivity contribution in [3.63, 3.8) is 0 Å². The predicted octanol–water partition coefficient (Wildman–Crippen LogP) is 4.86. The number of aliphatic imine (C=N–C) groups is 1. The zero-order valence-electron chi connectivity index (χ0n) is 18.3. The summed E-state index contributed by atoms with van der Waals surface area (Å²) in [5.41, 5.74) is 1.31. The molecule has 176 valence electrons. The van der Waals surface area contributed by atoms with E-state index in [2.05, 4.69) is 4.99 Å². The number of nitrogens with zero attached hydrogens (tertiary/aromatic N) is 2. The summed E-state index contributed by atoms with van der Waals surface area (Å²) in [5.74, 6) is -0.451. The summed E-state index contributed by atoms with van der Waals surface area (Å²) >= 11 is 6.38. The smallest absolute Gasteiger partial charge is 0.363 e. The number of carbonyl (C=O) groups is 2. The van der Waals surface area contributed by atoms with Crippen LogP contribution in [-0.2, 0) is 9.53 Å². The largest absolute Gasteiger partial charge is 0.493 e. The highest BCUT2D eigenvalue weighted by Gasteiger charge is 2.25. The normalized spacial score (nSPS) is 13.8. The van der Waals surface area contributed by atoms with Crippen LogP contribution in [0.25, 0.3) is 6.08 Å². The van der Waals surface area contributed by atoms with Crippen molar-refractivity contribution in [3.05, 3.63) is 104 Å². The van der Waals surface area contributed by atoms with E-state index in [9.17, 15) is 19.7 Å². The highest BCUT2D eigenvalue weighted by molar-refractivity contribution is 6.32. The highest BCUT2D eigenvalue weighted by Crippen LogP contribution is 2.37. The van der Waals surface area contributed by atoms with Gasteiger partial charge in [-0.25, -0.2) is 9.79 Å². The van der Waals surface area contributed by atoms with E-state index in [-0.39, 0.29) is 46.2 Å². The maximum absolute atomic E-state index is 12.3. The molecule has 0 atom stereocenters. The minimum absolute atomic E-state index is 0.00407. The van der Waals surface area contributed by atoms with Crippen LogP contribution in [0.3, 0.4) is 0 Å². The molecule has 35 heavy (non-hydrogen) atoms. The average Bonchev–Trinajstić information content (AvgIpc) is 3.23. The number of rotatable bonds is 8.